The van der Waals surface area contributed by atoms with Crippen molar-refractivity contribution in [2.24, 2.45) is 17.8 Å². The summed E-state index contributed by atoms with van der Waals surface area (Å²) in [5, 5.41) is 11.0. The first kappa shape index (κ1) is 26.0. The Morgan fingerprint density at radius 2 is 1.84 bits per heavy atom. The van der Waals surface area contributed by atoms with Crippen LogP contribution in [0.4, 0.5) is 4.79 Å². The number of benzene rings is 1. The number of hydrogen-bond acceptors (Lipinski definition) is 8. The molecule has 0 radical (unpaired) electrons. The number of aromatic hydroxyl groups is 1. The highest BCUT2D eigenvalue weighted by atomic mass is 79.9. The number of nitrogens with zero attached hydrogens (tertiary/aromatic N) is 2. The average Bonchev–Trinajstić information content (AvgIpc) is 3.22. The van der Waals surface area contributed by atoms with Crippen LogP contribution in [0.3, 0.4) is 0 Å². The van der Waals surface area contributed by atoms with Crippen LogP contribution in [0.1, 0.15) is 24.3 Å². The monoisotopic (exact) mass is 614 g/mol. The van der Waals surface area contributed by atoms with Crippen molar-refractivity contribution < 1.29 is 38.6 Å². The normalized spacial score (nSPS) is 34.7. The quantitative estimate of drug-likeness (QED) is 0.238. The standard InChI is InChI=1S/C24H21BrCl2N2O8/c1-36-10-3-4-12(15(30)7-10)17-11-5-6-13-16(19(32)29(18(13)31)22(35)37-2)14(11)8-23(26)20(33)28(9-25)21(34)24(17,23)27/h3-5,7,13-14,16-17,30H,6,8-9H2,1-2H3. The van der Waals surface area contributed by atoms with Crippen LogP contribution in [0.5, 0.6) is 11.5 Å². The minimum absolute atomic E-state index is 0.0779. The van der Waals surface area contributed by atoms with E-state index in [0.29, 0.717) is 16.2 Å². The maximum absolute atomic E-state index is 13.7. The molecular weight excluding hydrogens is 595 g/mol. The SMILES string of the molecule is COC(=O)N1C(=O)C2CC=C3C(CC4(Cl)C(=O)N(CBr)C(=O)C4(Cl)C3c3ccc(OC)cc3O)C2C1=O. The summed E-state index contributed by atoms with van der Waals surface area (Å²) in [6, 6.07) is 4.42. The second-order valence-electron chi connectivity index (χ2n) is 9.39. The summed E-state index contributed by atoms with van der Waals surface area (Å²) in [6.45, 7) is 0. The van der Waals surface area contributed by atoms with Crippen molar-refractivity contribution in [3.8, 4) is 11.5 Å². The molecule has 6 atom stereocenters. The number of amides is 5. The second-order valence-corrected chi connectivity index (χ2v) is 11.1. The van der Waals surface area contributed by atoms with Crippen molar-refractivity contribution in [1.29, 1.82) is 0 Å². The van der Waals surface area contributed by atoms with Gasteiger partial charge in [-0.1, -0.05) is 33.6 Å². The first-order valence-electron chi connectivity index (χ1n) is 11.3. The van der Waals surface area contributed by atoms with E-state index in [9.17, 15) is 29.1 Å². The van der Waals surface area contributed by atoms with Gasteiger partial charge in [0.2, 0.25) is 11.8 Å². The zero-order chi connectivity index (χ0) is 27.0. The van der Waals surface area contributed by atoms with E-state index in [1.807, 2.05) is 0 Å². The number of rotatable bonds is 3. The summed E-state index contributed by atoms with van der Waals surface area (Å²) in [7, 11) is 2.48. The van der Waals surface area contributed by atoms with Crippen LogP contribution in [-0.4, -0.2) is 74.1 Å². The van der Waals surface area contributed by atoms with Crippen LogP contribution in [0, 0.1) is 17.8 Å². The molecule has 0 spiro atoms. The van der Waals surface area contributed by atoms with Gasteiger partial charge in [0.15, 0.2) is 9.75 Å². The maximum Gasteiger partial charge on any atom is 0.423 e. The Hall–Kier alpha value is -2.63. The summed E-state index contributed by atoms with van der Waals surface area (Å²) < 4.78 is 9.81. The average molecular weight is 616 g/mol. The number of alkyl halides is 3. The lowest BCUT2D eigenvalue weighted by Crippen LogP contribution is -2.60. The molecule has 2 aliphatic heterocycles. The molecule has 2 aliphatic carbocycles. The molecule has 2 saturated heterocycles. The van der Waals surface area contributed by atoms with Crippen LogP contribution in [-0.2, 0) is 23.9 Å². The minimum atomic E-state index is -2.05. The number of allylic oxidation sites excluding steroid dienone is 2. The number of carbonyl (C=O) groups excluding carboxylic acids is 5. The van der Waals surface area contributed by atoms with Gasteiger partial charge >= 0.3 is 6.09 Å². The number of methoxy groups -OCH3 is 2. The van der Waals surface area contributed by atoms with Crippen LogP contribution in [0.2, 0.25) is 0 Å². The number of halogens is 3. The van der Waals surface area contributed by atoms with E-state index in [2.05, 4.69) is 20.7 Å². The Balaban J connectivity index is 1.73. The molecule has 6 unspecified atom stereocenters. The highest BCUT2D eigenvalue weighted by Gasteiger charge is 2.76. The summed E-state index contributed by atoms with van der Waals surface area (Å²) in [5.41, 5.74) is 0.519. The number of carbonyl (C=O) groups is 5. The summed E-state index contributed by atoms with van der Waals surface area (Å²) in [6.07, 6.45) is 0.437. The molecule has 196 valence electrons. The van der Waals surface area contributed by atoms with Crippen molar-refractivity contribution in [3.63, 3.8) is 0 Å². The van der Waals surface area contributed by atoms with Gasteiger partial charge in [0, 0.05) is 17.5 Å². The third-order valence-corrected chi connectivity index (χ3v) is 9.84. The zero-order valence-electron chi connectivity index (χ0n) is 19.6. The number of likely N-dealkylation sites (tertiary alicyclic amines) is 2. The van der Waals surface area contributed by atoms with Gasteiger partial charge in [-0.25, -0.2) is 4.79 Å². The van der Waals surface area contributed by atoms with Gasteiger partial charge in [0.05, 0.1) is 31.5 Å². The zero-order valence-corrected chi connectivity index (χ0v) is 22.7. The van der Waals surface area contributed by atoms with E-state index in [-0.39, 0.29) is 29.6 Å². The number of hydrogen-bond donors (Lipinski definition) is 1. The Labute approximate surface area is 229 Å². The van der Waals surface area contributed by atoms with E-state index in [0.717, 1.165) is 12.0 Å². The van der Waals surface area contributed by atoms with Crippen molar-refractivity contribution in [2.45, 2.75) is 28.5 Å². The highest BCUT2D eigenvalue weighted by Crippen LogP contribution is 2.66. The molecule has 2 heterocycles. The van der Waals surface area contributed by atoms with Crippen LogP contribution in [0.15, 0.2) is 29.8 Å². The maximum atomic E-state index is 13.7. The van der Waals surface area contributed by atoms with Gasteiger partial charge in [-0.2, -0.15) is 4.90 Å². The smallest absolute Gasteiger partial charge is 0.423 e. The summed E-state index contributed by atoms with van der Waals surface area (Å²) in [4.78, 5) is 63.2. The molecule has 3 fully saturated rings. The Bertz CT molecular complexity index is 1300. The molecule has 1 saturated carbocycles. The summed E-state index contributed by atoms with van der Waals surface area (Å²) in [5.74, 6) is -6.77. The molecule has 5 amide bonds. The number of ether oxygens (including phenoxy) is 2. The number of fused-ring (bicyclic) bond motifs is 4. The van der Waals surface area contributed by atoms with Crippen LogP contribution in [0.25, 0.3) is 0 Å². The molecule has 10 nitrogen and oxygen atoms in total. The molecule has 1 aromatic rings. The van der Waals surface area contributed by atoms with Gasteiger partial charge in [-0.05, 0) is 24.8 Å². The molecule has 1 aromatic carbocycles. The molecule has 1 N–H and O–H groups in total. The highest BCUT2D eigenvalue weighted by molar-refractivity contribution is 9.09. The fourth-order valence-corrected chi connectivity index (χ4v) is 7.68. The first-order chi connectivity index (χ1) is 17.5. The molecule has 5 rings (SSSR count). The lowest BCUT2D eigenvalue weighted by molar-refractivity contribution is -0.140. The molecule has 4 aliphatic rings. The topological polar surface area (TPSA) is 131 Å². The van der Waals surface area contributed by atoms with Gasteiger partial charge < -0.3 is 14.6 Å². The predicted molar refractivity (Wildman–Crippen MR) is 132 cm³/mol. The van der Waals surface area contributed by atoms with E-state index in [1.165, 1.54) is 19.2 Å². The Morgan fingerprint density at radius 1 is 1.14 bits per heavy atom. The van der Waals surface area contributed by atoms with Crippen molar-refractivity contribution in [1.82, 2.24) is 9.80 Å². The fourth-order valence-electron chi connectivity index (χ4n) is 6.26. The lowest BCUT2D eigenvalue weighted by Gasteiger charge is -2.50. The Morgan fingerprint density at radius 3 is 2.43 bits per heavy atom. The largest absolute Gasteiger partial charge is 0.508 e. The van der Waals surface area contributed by atoms with Gasteiger partial charge in [0.1, 0.15) is 11.5 Å². The van der Waals surface area contributed by atoms with Gasteiger partial charge in [-0.15, -0.1) is 23.2 Å². The van der Waals surface area contributed by atoms with Crippen molar-refractivity contribution >= 4 is 68.9 Å². The molecule has 0 aromatic heterocycles. The van der Waals surface area contributed by atoms with Crippen molar-refractivity contribution in [3.05, 3.63) is 35.4 Å². The lowest BCUT2D eigenvalue weighted by atomic mass is 9.56. The molecular formula is C24H21BrCl2N2O8. The third kappa shape index (κ3) is 3.20. The van der Waals surface area contributed by atoms with Crippen LogP contribution >= 0.6 is 39.1 Å². The molecule has 13 heteroatoms. The molecule has 0 bridgehead atoms. The first-order valence-corrected chi connectivity index (χ1v) is 13.2. The minimum Gasteiger partial charge on any atom is -0.508 e. The molecule has 37 heavy (non-hydrogen) atoms. The van der Waals surface area contributed by atoms with Crippen molar-refractivity contribution in [2.75, 3.05) is 19.7 Å². The predicted octanol–water partition coefficient (Wildman–Crippen LogP) is 2.88. The van der Waals surface area contributed by atoms with Gasteiger partial charge in [0.25, 0.3) is 11.8 Å². The Kier molecular flexibility index (Phi) is 6.12. The second kappa shape index (κ2) is 8.71. The number of phenols is 1. The fraction of sp³-hybridized carbons (Fsp3) is 0.458. The third-order valence-electron chi connectivity index (χ3n) is 7.92. The number of phenolic OH excluding ortho intramolecular Hbond substituents is 1. The van der Waals surface area contributed by atoms with E-state index in [1.54, 1.807) is 12.1 Å². The van der Waals surface area contributed by atoms with Gasteiger partial charge in [-0.3, -0.25) is 24.1 Å². The summed E-state index contributed by atoms with van der Waals surface area (Å²) >= 11 is 17.3. The number of imide groups is 4. The van der Waals surface area contributed by atoms with Crippen LogP contribution < -0.4 is 4.74 Å². The van der Waals surface area contributed by atoms with E-state index < -0.39 is 63.1 Å². The van der Waals surface area contributed by atoms with E-state index >= 15 is 0 Å². The van der Waals surface area contributed by atoms with E-state index in [4.69, 9.17) is 27.9 Å².